The molecule has 4 nitrogen and oxygen atoms in total. The van der Waals surface area contributed by atoms with Crippen molar-refractivity contribution in [1.82, 2.24) is 0 Å². The summed E-state index contributed by atoms with van der Waals surface area (Å²) >= 11 is 0. The van der Waals surface area contributed by atoms with Crippen molar-refractivity contribution in [2.24, 2.45) is 58.2 Å². The minimum Gasteiger partial charge on any atom is -0.396 e. The summed E-state index contributed by atoms with van der Waals surface area (Å²) in [5, 5.41) is 42.4. The fourth-order valence-electron chi connectivity index (χ4n) is 9.93. The van der Waals surface area contributed by atoms with Crippen LogP contribution in [0.25, 0.3) is 0 Å². The molecule has 12 unspecified atom stereocenters. The van der Waals surface area contributed by atoms with E-state index in [4.69, 9.17) is 0 Å². The first-order chi connectivity index (χ1) is 15.5. The second kappa shape index (κ2) is 9.71. The Morgan fingerprint density at radius 1 is 0.788 bits per heavy atom. The highest BCUT2D eigenvalue weighted by Gasteiger charge is 2.64. The van der Waals surface area contributed by atoms with E-state index < -0.39 is 0 Å². The van der Waals surface area contributed by atoms with Crippen LogP contribution in [0.1, 0.15) is 98.8 Å². The Bertz CT molecular complexity index is 666. The zero-order valence-corrected chi connectivity index (χ0v) is 21.9. The quantitative estimate of drug-likeness (QED) is 0.426. The summed E-state index contributed by atoms with van der Waals surface area (Å²) < 4.78 is 0. The Balaban J connectivity index is 1.51. The van der Waals surface area contributed by atoms with Crippen molar-refractivity contribution in [3.63, 3.8) is 0 Å². The van der Waals surface area contributed by atoms with Crippen molar-refractivity contribution >= 4 is 0 Å². The fraction of sp³-hybridized carbons (Fsp3) is 1.00. The predicted molar refractivity (Wildman–Crippen MR) is 132 cm³/mol. The molecule has 12 atom stereocenters. The molecule has 0 saturated heterocycles. The van der Waals surface area contributed by atoms with Crippen molar-refractivity contribution in [1.29, 1.82) is 0 Å². The van der Waals surface area contributed by atoms with Crippen LogP contribution < -0.4 is 0 Å². The number of hydrogen-bond donors (Lipinski definition) is 4. The molecular formula is C29H52O4. The third-order valence-corrected chi connectivity index (χ3v) is 11.8. The number of aliphatic hydroxyl groups is 4. The first kappa shape index (κ1) is 25.9. The largest absolute Gasteiger partial charge is 0.396 e. The Kier molecular flexibility index (Phi) is 7.63. The molecule has 0 aromatic heterocycles. The van der Waals surface area contributed by atoms with E-state index in [1.807, 2.05) is 0 Å². The monoisotopic (exact) mass is 464 g/mol. The van der Waals surface area contributed by atoms with Gasteiger partial charge in [-0.05, 0) is 116 Å². The minimum absolute atomic E-state index is 0.0983. The zero-order chi connectivity index (χ0) is 24.1. The van der Waals surface area contributed by atoms with Crippen LogP contribution in [0.15, 0.2) is 0 Å². The standard InChI is InChI=1S/C29H52O4/c1-17(2)19(10-13-30)7-6-18(3)23-16-26(33)27-21-15-25(32)24-14-20(31)8-11-28(24,4)22(21)9-12-29(23,27)5/h17-27,30-33H,6-16H2,1-5H3. The van der Waals surface area contributed by atoms with Crippen LogP contribution in [0.3, 0.4) is 0 Å². The maximum Gasteiger partial charge on any atom is 0.0579 e. The average molecular weight is 465 g/mol. The Hall–Kier alpha value is -0.160. The first-order valence-electron chi connectivity index (χ1n) is 14.2. The van der Waals surface area contributed by atoms with E-state index in [1.54, 1.807) is 0 Å². The molecule has 0 aromatic rings. The summed E-state index contributed by atoms with van der Waals surface area (Å²) in [4.78, 5) is 0. The lowest BCUT2D eigenvalue weighted by Crippen LogP contribution is -2.59. The molecule has 0 spiro atoms. The van der Waals surface area contributed by atoms with Gasteiger partial charge in [-0.15, -0.1) is 0 Å². The van der Waals surface area contributed by atoms with E-state index in [9.17, 15) is 20.4 Å². The van der Waals surface area contributed by atoms with Gasteiger partial charge in [0.15, 0.2) is 0 Å². The SMILES string of the molecule is CC(C)C(CCO)CCC(C)C1CC(O)C2C3CC(O)C4CC(O)CCC4(C)C3CCC12C. The minimum atomic E-state index is -0.345. The van der Waals surface area contributed by atoms with Crippen molar-refractivity contribution in [2.45, 2.75) is 117 Å². The molecule has 4 aliphatic rings. The molecule has 4 aliphatic carbocycles. The molecule has 4 rings (SSSR count). The van der Waals surface area contributed by atoms with Gasteiger partial charge in [-0.1, -0.05) is 41.0 Å². The third-order valence-electron chi connectivity index (χ3n) is 11.8. The second-order valence-electron chi connectivity index (χ2n) is 13.7. The van der Waals surface area contributed by atoms with Crippen LogP contribution in [0, 0.1) is 58.2 Å². The molecule has 4 heteroatoms. The van der Waals surface area contributed by atoms with Crippen molar-refractivity contribution in [3.05, 3.63) is 0 Å². The van der Waals surface area contributed by atoms with Gasteiger partial charge in [0.1, 0.15) is 0 Å². The zero-order valence-electron chi connectivity index (χ0n) is 21.9. The lowest BCUT2D eigenvalue weighted by atomic mass is 9.43. The van der Waals surface area contributed by atoms with E-state index in [0.717, 1.165) is 38.5 Å². The van der Waals surface area contributed by atoms with Crippen molar-refractivity contribution in [3.8, 4) is 0 Å². The maximum absolute atomic E-state index is 11.5. The van der Waals surface area contributed by atoms with E-state index in [-0.39, 0.29) is 41.7 Å². The number of rotatable bonds is 7. The highest BCUT2D eigenvalue weighted by atomic mass is 16.3. The molecule has 4 saturated carbocycles. The number of fused-ring (bicyclic) bond motifs is 5. The van der Waals surface area contributed by atoms with E-state index in [0.29, 0.717) is 41.4 Å². The molecule has 0 amide bonds. The van der Waals surface area contributed by atoms with Gasteiger partial charge in [0.05, 0.1) is 18.3 Å². The average Bonchev–Trinajstić information content (AvgIpc) is 3.03. The Morgan fingerprint density at radius 3 is 2.15 bits per heavy atom. The molecule has 0 aliphatic heterocycles. The van der Waals surface area contributed by atoms with Gasteiger partial charge < -0.3 is 20.4 Å². The lowest BCUT2D eigenvalue weighted by molar-refractivity contribution is -0.181. The molecule has 4 fully saturated rings. The highest BCUT2D eigenvalue weighted by Crippen LogP contribution is 2.68. The predicted octanol–water partition coefficient (Wildman–Crippen LogP) is 5.02. The maximum atomic E-state index is 11.5. The van der Waals surface area contributed by atoms with E-state index in [1.165, 1.54) is 25.7 Å². The molecular weight excluding hydrogens is 412 g/mol. The van der Waals surface area contributed by atoms with Crippen LogP contribution >= 0.6 is 0 Å². The van der Waals surface area contributed by atoms with Crippen LogP contribution in [0.4, 0.5) is 0 Å². The van der Waals surface area contributed by atoms with Gasteiger partial charge in [0.2, 0.25) is 0 Å². The van der Waals surface area contributed by atoms with Gasteiger partial charge >= 0.3 is 0 Å². The van der Waals surface area contributed by atoms with Gasteiger partial charge in [0, 0.05) is 6.61 Å². The second-order valence-corrected chi connectivity index (χ2v) is 13.7. The third kappa shape index (κ3) is 4.45. The molecule has 192 valence electrons. The lowest BCUT2D eigenvalue weighted by Gasteiger charge is -2.62. The van der Waals surface area contributed by atoms with Crippen LogP contribution in [0.5, 0.6) is 0 Å². The summed E-state index contributed by atoms with van der Waals surface area (Å²) in [6, 6.07) is 0. The van der Waals surface area contributed by atoms with Gasteiger partial charge in [-0.2, -0.15) is 0 Å². The van der Waals surface area contributed by atoms with Gasteiger partial charge in [-0.25, -0.2) is 0 Å². The molecule has 0 heterocycles. The topological polar surface area (TPSA) is 80.9 Å². The number of hydrogen-bond acceptors (Lipinski definition) is 4. The summed E-state index contributed by atoms with van der Waals surface area (Å²) in [5.74, 6) is 3.76. The summed E-state index contributed by atoms with van der Waals surface area (Å²) in [6.07, 6.45) is 9.12. The molecule has 0 bridgehead atoms. The van der Waals surface area contributed by atoms with Gasteiger partial charge in [-0.3, -0.25) is 0 Å². The normalized spacial score (nSPS) is 49.3. The summed E-state index contributed by atoms with van der Waals surface area (Å²) in [6.45, 7) is 12.1. The molecule has 33 heavy (non-hydrogen) atoms. The van der Waals surface area contributed by atoms with Crippen LogP contribution in [-0.4, -0.2) is 45.3 Å². The van der Waals surface area contributed by atoms with E-state index in [2.05, 4.69) is 34.6 Å². The Labute approximate surface area is 202 Å². The van der Waals surface area contributed by atoms with E-state index >= 15 is 0 Å². The van der Waals surface area contributed by atoms with Crippen molar-refractivity contribution < 1.29 is 20.4 Å². The first-order valence-corrected chi connectivity index (χ1v) is 14.2. The molecule has 4 N–H and O–H groups in total. The molecule has 0 aromatic carbocycles. The molecule has 0 radical (unpaired) electrons. The van der Waals surface area contributed by atoms with Crippen molar-refractivity contribution in [2.75, 3.05) is 6.61 Å². The summed E-state index contributed by atoms with van der Waals surface area (Å²) in [7, 11) is 0. The van der Waals surface area contributed by atoms with Gasteiger partial charge in [0.25, 0.3) is 0 Å². The number of aliphatic hydroxyl groups excluding tert-OH is 4. The van der Waals surface area contributed by atoms with Crippen LogP contribution in [0.2, 0.25) is 0 Å². The fourth-order valence-corrected chi connectivity index (χ4v) is 9.93. The van der Waals surface area contributed by atoms with Crippen LogP contribution in [-0.2, 0) is 0 Å². The Morgan fingerprint density at radius 2 is 1.48 bits per heavy atom. The smallest absolute Gasteiger partial charge is 0.0579 e. The summed E-state index contributed by atoms with van der Waals surface area (Å²) in [5.41, 5.74) is 0.252. The highest BCUT2D eigenvalue weighted by molar-refractivity contribution is 5.13.